The third kappa shape index (κ3) is 4.66. The Morgan fingerprint density at radius 1 is 1.19 bits per heavy atom. The van der Waals surface area contributed by atoms with Crippen LogP contribution in [0.5, 0.6) is 5.75 Å². The van der Waals surface area contributed by atoms with Crippen LogP contribution in [0.2, 0.25) is 0 Å². The number of halogens is 1. The number of amides is 1. The summed E-state index contributed by atoms with van der Waals surface area (Å²) in [5.41, 5.74) is 0.582. The maximum absolute atomic E-state index is 11.6. The van der Waals surface area contributed by atoms with Gasteiger partial charge in [0.25, 0.3) is 5.91 Å². The molecular weight excluding hydrogens is 270 g/mol. The average Bonchev–Trinajstić information content (AvgIpc) is 2.29. The van der Waals surface area contributed by atoms with Gasteiger partial charge in [-0.25, -0.2) is 0 Å². The van der Waals surface area contributed by atoms with Crippen molar-refractivity contribution in [1.29, 1.82) is 0 Å². The van der Waals surface area contributed by atoms with E-state index in [0.29, 0.717) is 12.1 Å². The zero-order chi connectivity index (χ0) is 11.8. The molecule has 0 atom stereocenters. The molecule has 0 spiro atoms. The summed E-state index contributed by atoms with van der Waals surface area (Å²) >= 11 is 3.36. The van der Waals surface area contributed by atoms with E-state index in [1.54, 1.807) is 12.1 Å². The van der Waals surface area contributed by atoms with Crippen molar-refractivity contribution in [3.05, 3.63) is 29.8 Å². The van der Waals surface area contributed by atoms with Crippen LogP contribution < -0.4 is 5.32 Å². The van der Waals surface area contributed by atoms with E-state index in [1.807, 2.05) is 0 Å². The number of benzene rings is 1. The number of rotatable bonds is 6. The van der Waals surface area contributed by atoms with Crippen LogP contribution in [0.1, 0.15) is 29.6 Å². The predicted molar refractivity (Wildman–Crippen MR) is 68.1 cm³/mol. The van der Waals surface area contributed by atoms with Gasteiger partial charge in [-0.2, -0.15) is 0 Å². The molecule has 0 heterocycles. The molecule has 0 fully saturated rings. The number of phenols is 1. The molecule has 3 nitrogen and oxygen atoms in total. The largest absolute Gasteiger partial charge is 0.508 e. The van der Waals surface area contributed by atoms with Crippen LogP contribution in [0.15, 0.2) is 24.3 Å². The van der Waals surface area contributed by atoms with Gasteiger partial charge in [0.1, 0.15) is 5.75 Å². The monoisotopic (exact) mass is 285 g/mol. The zero-order valence-electron chi connectivity index (χ0n) is 9.08. The van der Waals surface area contributed by atoms with Crippen LogP contribution in [0.4, 0.5) is 0 Å². The minimum absolute atomic E-state index is 0.0844. The van der Waals surface area contributed by atoms with Gasteiger partial charge in [0, 0.05) is 17.4 Å². The molecule has 1 amide bonds. The molecule has 0 aliphatic rings. The first-order valence-corrected chi connectivity index (χ1v) is 6.49. The molecule has 0 aromatic heterocycles. The highest BCUT2D eigenvalue weighted by Crippen LogP contribution is 2.09. The van der Waals surface area contributed by atoms with Crippen LogP contribution in [-0.4, -0.2) is 22.9 Å². The number of hydrogen-bond donors (Lipinski definition) is 2. The van der Waals surface area contributed by atoms with E-state index in [2.05, 4.69) is 21.2 Å². The van der Waals surface area contributed by atoms with E-state index < -0.39 is 0 Å². The standard InChI is InChI=1S/C12H16BrNO2/c13-8-2-1-3-9-14-12(16)10-4-6-11(15)7-5-10/h4-7,15H,1-3,8-9H2,(H,14,16). The van der Waals surface area contributed by atoms with Crippen molar-refractivity contribution in [2.45, 2.75) is 19.3 Å². The van der Waals surface area contributed by atoms with Crippen molar-refractivity contribution in [2.75, 3.05) is 11.9 Å². The minimum Gasteiger partial charge on any atom is -0.508 e. The maximum atomic E-state index is 11.6. The number of phenolic OH excluding ortho intramolecular Hbond substituents is 1. The second-order valence-electron chi connectivity index (χ2n) is 3.55. The summed E-state index contributed by atoms with van der Waals surface area (Å²) in [5, 5.41) is 12.9. The molecule has 0 saturated heterocycles. The fourth-order valence-corrected chi connectivity index (χ4v) is 1.71. The molecule has 0 bridgehead atoms. The van der Waals surface area contributed by atoms with E-state index >= 15 is 0 Å². The third-order valence-corrected chi connectivity index (χ3v) is 2.79. The third-order valence-electron chi connectivity index (χ3n) is 2.23. The minimum atomic E-state index is -0.0844. The molecule has 0 aliphatic carbocycles. The fraction of sp³-hybridized carbons (Fsp3) is 0.417. The van der Waals surface area contributed by atoms with Crippen molar-refractivity contribution in [2.24, 2.45) is 0 Å². The van der Waals surface area contributed by atoms with Crippen molar-refractivity contribution >= 4 is 21.8 Å². The Hall–Kier alpha value is -1.03. The van der Waals surface area contributed by atoms with Crippen LogP contribution in [0.25, 0.3) is 0 Å². The molecule has 88 valence electrons. The lowest BCUT2D eigenvalue weighted by molar-refractivity contribution is 0.0953. The van der Waals surface area contributed by atoms with Crippen LogP contribution in [-0.2, 0) is 0 Å². The predicted octanol–water partition coefficient (Wildman–Crippen LogP) is 2.69. The second kappa shape index (κ2) is 7.28. The number of alkyl halides is 1. The Kier molecular flexibility index (Phi) is 5.93. The number of aromatic hydroxyl groups is 1. The van der Waals surface area contributed by atoms with Gasteiger partial charge in [-0.3, -0.25) is 4.79 Å². The summed E-state index contributed by atoms with van der Waals surface area (Å²) in [6.45, 7) is 0.701. The molecular formula is C12H16BrNO2. The Morgan fingerprint density at radius 2 is 1.88 bits per heavy atom. The first-order chi connectivity index (χ1) is 7.74. The van der Waals surface area contributed by atoms with E-state index in [-0.39, 0.29) is 11.7 Å². The van der Waals surface area contributed by atoms with Crippen molar-refractivity contribution in [3.63, 3.8) is 0 Å². The molecule has 0 radical (unpaired) electrons. The Labute approximate surface area is 104 Å². The lowest BCUT2D eigenvalue weighted by Crippen LogP contribution is -2.24. The summed E-state index contributed by atoms with van der Waals surface area (Å²) in [7, 11) is 0. The normalized spacial score (nSPS) is 10.1. The molecule has 0 aliphatic heterocycles. The zero-order valence-corrected chi connectivity index (χ0v) is 10.7. The topological polar surface area (TPSA) is 49.3 Å². The number of carbonyl (C=O) groups is 1. The van der Waals surface area contributed by atoms with Crippen LogP contribution >= 0.6 is 15.9 Å². The maximum Gasteiger partial charge on any atom is 0.251 e. The van der Waals surface area contributed by atoms with E-state index in [9.17, 15) is 4.79 Å². The molecule has 0 saturated carbocycles. The summed E-state index contributed by atoms with van der Waals surface area (Å²) < 4.78 is 0. The van der Waals surface area contributed by atoms with Crippen molar-refractivity contribution < 1.29 is 9.90 Å². The first-order valence-electron chi connectivity index (χ1n) is 5.37. The highest BCUT2D eigenvalue weighted by atomic mass is 79.9. The quantitative estimate of drug-likeness (QED) is 0.624. The smallest absolute Gasteiger partial charge is 0.251 e. The molecule has 1 aromatic rings. The number of unbranched alkanes of at least 4 members (excludes halogenated alkanes) is 2. The molecule has 0 unspecified atom stereocenters. The second-order valence-corrected chi connectivity index (χ2v) is 4.35. The SMILES string of the molecule is O=C(NCCCCCBr)c1ccc(O)cc1. The lowest BCUT2D eigenvalue weighted by atomic mass is 10.2. The number of carbonyl (C=O) groups excluding carboxylic acids is 1. The molecule has 2 N–H and O–H groups in total. The van der Waals surface area contributed by atoms with Gasteiger partial charge < -0.3 is 10.4 Å². The first kappa shape index (κ1) is 13.0. The highest BCUT2D eigenvalue weighted by Gasteiger charge is 2.03. The van der Waals surface area contributed by atoms with Crippen molar-refractivity contribution in [3.8, 4) is 5.75 Å². The number of nitrogens with one attached hydrogen (secondary N) is 1. The van der Waals surface area contributed by atoms with Gasteiger partial charge in [-0.05, 0) is 37.1 Å². The van der Waals surface area contributed by atoms with Crippen LogP contribution in [0.3, 0.4) is 0 Å². The average molecular weight is 286 g/mol. The Morgan fingerprint density at radius 3 is 2.50 bits per heavy atom. The Bertz CT molecular complexity index is 324. The molecule has 16 heavy (non-hydrogen) atoms. The molecule has 4 heteroatoms. The van der Waals surface area contributed by atoms with Crippen LogP contribution in [0, 0.1) is 0 Å². The van der Waals surface area contributed by atoms with E-state index in [4.69, 9.17) is 5.11 Å². The molecule has 1 rings (SSSR count). The lowest BCUT2D eigenvalue weighted by Gasteiger charge is -2.04. The number of hydrogen-bond acceptors (Lipinski definition) is 2. The van der Waals surface area contributed by atoms with Crippen molar-refractivity contribution in [1.82, 2.24) is 5.32 Å². The van der Waals surface area contributed by atoms with Gasteiger partial charge in [0.05, 0.1) is 0 Å². The Balaban J connectivity index is 2.27. The van der Waals surface area contributed by atoms with Gasteiger partial charge >= 0.3 is 0 Å². The summed E-state index contributed by atoms with van der Waals surface area (Å²) in [5.74, 6) is 0.0905. The summed E-state index contributed by atoms with van der Waals surface area (Å²) in [6.07, 6.45) is 3.24. The van der Waals surface area contributed by atoms with Gasteiger partial charge in [0.15, 0.2) is 0 Å². The molecule has 1 aromatic carbocycles. The van der Waals surface area contributed by atoms with Gasteiger partial charge in [-0.1, -0.05) is 22.4 Å². The highest BCUT2D eigenvalue weighted by molar-refractivity contribution is 9.09. The van der Waals surface area contributed by atoms with E-state index in [0.717, 1.165) is 24.6 Å². The fourth-order valence-electron chi connectivity index (χ4n) is 1.31. The van der Waals surface area contributed by atoms with E-state index in [1.165, 1.54) is 12.1 Å². The summed E-state index contributed by atoms with van der Waals surface area (Å²) in [6, 6.07) is 6.26. The van der Waals surface area contributed by atoms with Gasteiger partial charge in [-0.15, -0.1) is 0 Å². The van der Waals surface area contributed by atoms with Gasteiger partial charge in [0.2, 0.25) is 0 Å². The summed E-state index contributed by atoms with van der Waals surface area (Å²) in [4.78, 5) is 11.6.